The van der Waals surface area contributed by atoms with Crippen LogP contribution in [0, 0.1) is 0 Å². The molecule has 0 radical (unpaired) electrons. The zero-order valence-corrected chi connectivity index (χ0v) is 27.8. The summed E-state index contributed by atoms with van der Waals surface area (Å²) in [4.78, 5) is 0. The number of hydrogen-bond acceptors (Lipinski definition) is 22. The Morgan fingerprint density at radius 3 is 1.06 bits per heavy atom. The number of ether oxygens (including phenoxy) is 10. The first-order chi connectivity index (χ1) is 25.2. The molecule has 22 heteroatoms. The van der Waals surface area contributed by atoms with E-state index in [4.69, 9.17) is 47.4 Å². The van der Waals surface area contributed by atoms with Gasteiger partial charge in [-0.15, -0.1) is 0 Å². The Balaban J connectivity index is 0.942. The summed E-state index contributed by atoms with van der Waals surface area (Å²) in [6.07, 6.45) is -30.6. The highest BCUT2D eigenvalue weighted by Gasteiger charge is 2.50. The second-order valence-corrected chi connectivity index (χ2v) is 13.3. The minimum absolute atomic E-state index is 0.00548. The standard InChI is InChI=1S/C31H46O22/c32-10-1-3-11(4-2-10)49-27-23(40)18(35)13(6-45-27)51-29-25(42)20(37)15(8-47-29)53-31-26(43)21(38)16(9-48-31)52-30-24(41)19(36)14(7-46-30)50-28-22(39)17(34)12(33)5-44-28/h1-4,12-43H,5-9H2/t12-,13-,14+,15+,16-,17-,18-,19+,20+,21-,22-,23-,24?,25?,26-,27?,28?,29?,30?,31?/m0/s1. The van der Waals surface area contributed by atoms with Crippen molar-refractivity contribution in [2.45, 2.75) is 123 Å². The van der Waals surface area contributed by atoms with Gasteiger partial charge in [-0.25, -0.2) is 0 Å². The van der Waals surface area contributed by atoms with E-state index in [9.17, 15) is 61.3 Å². The average Bonchev–Trinajstić information content (AvgIpc) is 3.14. The van der Waals surface area contributed by atoms with Crippen molar-refractivity contribution in [3.05, 3.63) is 24.3 Å². The van der Waals surface area contributed by atoms with Crippen LogP contribution in [-0.2, 0) is 42.6 Å². The van der Waals surface area contributed by atoms with E-state index in [-0.39, 0.29) is 24.7 Å². The number of phenolic OH excluding ortho intramolecular Hbond substituents is 1. The highest BCUT2D eigenvalue weighted by atomic mass is 16.8. The Morgan fingerprint density at radius 2 is 0.679 bits per heavy atom. The van der Waals surface area contributed by atoms with Crippen molar-refractivity contribution in [1.82, 2.24) is 0 Å². The quantitative estimate of drug-likeness (QED) is 0.105. The van der Waals surface area contributed by atoms with Gasteiger partial charge in [0, 0.05) is 0 Å². The minimum Gasteiger partial charge on any atom is -0.508 e. The fourth-order valence-corrected chi connectivity index (χ4v) is 6.26. The second kappa shape index (κ2) is 17.4. The molecule has 5 fully saturated rings. The Kier molecular flexibility index (Phi) is 13.4. The third-order valence-corrected chi connectivity index (χ3v) is 9.52. The smallest absolute Gasteiger partial charge is 0.228 e. The molecule has 0 saturated carbocycles. The van der Waals surface area contributed by atoms with E-state index < -0.39 is 143 Å². The summed E-state index contributed by atoms with van der Waals surface area (Å²) in [5, 5.41) is 124. The first kappa shape index (κ1) is 40.7. The van der Waals surface area contributed by atoms with Gasteiger partial charge < -0.3 is 109 Å². The van der Waals surface area contributed by atoms with Gasteiger partial charge in [0.15, 0.2) is 25.2 Å². The molecule has 5 aliphatic rings. The van der Waals surface area contributed by atoms with Gasteiger partial charge in [0.2, 0.25) is 6.29 Å². The van der Waals surface area contributed by atoms with E-state index in [1.807, 2.05) is 0 Å². The van der Waals surface area contributed by atoms with Gasteiger partial charge in [0.1, 0.15) is 103 Å². The van der Waals surface area contributed by atoms with Crippen LogP contribution >= 0.6 is 0 Å². The van der Waals surface area contributed by atoms with Crippen LogP contribution in [0.15, 0.2) is 24.3 Å². The third kappa shape index (κ3) is 9.03. The summed E-state index contributed by atoms with van der Waals surface area (Å²) in [7, 11) is 0. The molecule has 1 aromatic rings. The summed E-state index contributed by atoms with van der Waals surface area (Å²) in [6.45, 7) is -1.92. The van der Waals surface area contributed by atoms with E-state index in [1.54, 1.807) is 0 Å². The molecule has 22 nitrogen and oxygen atoms in total. The van der Waals surface area contributed by atoms with Crippen molar-refractivity contribution >= 4 is 0 Å². The lowest BCUT2D eigenvalue weighted by Crippen LogP contribution is -2.63. The molecule has 6 rings (SSSR count). The van der Waals surface area contributed by atoms with Crippen molar-refractivity contribution in [3.63, 3.8) is 0 Å². The Hall–Kier alpha value is -1.98. The summed E-state index contributed by atoms with van der Waals surface area (Å²) >= 11 is 0. The molecule has 0 aromatic heterocycles. The molecule has 20 atom stereocenters. The summed E-state index contributed by atoms with van der Waals surface area (Å²) in [5.74, 6) is 0.243. The van der Waals surface area contributed by atoms with Crippen molar-refractivity contribution < 1.29 is 109 Å². The van der Waals surface area contributed by atoms with Crippen molar-refractivity contribution in [2.75, 3.05) is 33.0 Å². The first-order valence-electron chi connectivity index (χ1n) is 16.9. The van der Waals surface area contributed by atoms with E-state index in [1.165, 1.54) is 24.3 Å². The maximum atomic E-state index is 10.8. The van der Waals surface area contributed by atoms with E-state index >= 15 is 0 Å². The van der Waals surface area contributed by atoms with Gasteiger partial charge >= 0.3 is 0 Å². The molecule has 0 aliphatic carbocycles. The molecular formula is C31H46O22. The third-order valence-electron chi connectivity index (χ3n) is 9.52. The van der Waals surface area contributed by atoms with Gasteiger partial charge in [-0.05, 0) is 24.3 Å². The zero-order valence-electron chi connectivity index (χ0n) is 27.8. The van der Waals surface area contributed by atoms with Crippen LogP contribution in [0.1, 0.15) is 0 Å². The Morgan fingerprint density at radius 1 is 0.377 bits per heavy atom. The van der Waals surface area contributed by atoms with Gasteiger partial charge in [-0.2, -0.15) is 0 Å². The maximum Gasteiger partial charge on any atom is 0.228 e. The fraction of sp³-hybridized carbons (Fsp3) is 0.806. The topological polar surface area (TPSA) is 335 Å². The van der Waals surface area contributed by atoms with Gasteiger partial charge in [-0.3, -0.25) is 0 Å². The molecule has 53 heavy (non-hydrogen) atoms. The Bertz CT molecular complexity index is 1290. The summed E-state index contributed by atoms with van der Waals surface area (Å²) < 4.78 is 54.8. The second-order valence-electron chi connectivity index (χ2n) is 13.3. The van der Waals surface area contributed by atoms with Crippen LogP contribution in [-0.4, -0.2) is 217 Å². The lowest BCUT2D eigenvalue weighted by atomic mass is 10.0. The minimum atomic E-state index is -1.80. The molecule has 7 unspecified atom stereocenters. The molecule has 302 valence electrons. The normalized spacial score (nSPS) is 48.3. The van der Waals surface area contributed by atoms with Crippen molar-refractivity contribution in [1.29, 1.82) is 0 Å². The van der Waals surface area contributed by atoms with Crippen LogP contribution in [0.2, 0.25) is 0 Å². The van der Waals surface area contributed by atoms with Crippen molar-refractivity contribution in [3.8, 4) is 11.5 Å². The molecule has 12 N–H and O–H groups in total. The number of phenols is 1. The molecule has 0 spiro atoms. The number of benzene rings is 1. The number of hydrogen-bond donors (Lipinski definition) is 12. The van der Waals surface area contributed by atoms with E-state index in [0.29, 0.717) is 0 Å². The molecule has 5 aliphatic heterocycles. The summed E-state index contributed by atoms with van der Waals surface area (Å²) in [6, 6.07) is 5.57. The van der Waals surface area contributed by atoms with Crippen LogP contribution in [0.5, 0.6) is 11.5 Å². The van der Waals surface area contributed by atoms with Crippen LogP contribution < -0.4 is 4.74 Å². The highest BCUT2D eigenvalue weighted by molar-refractivity contribution is 5.30. The fourth-order valence-electron chi connectivity index (χ4n) is 6.26. The molecule has 5 saturated heterocycles. The van der Waals surface area contributed by atoms with Crippen LogP contribution in [0.4, 0.5) is 0 Å². The average molecular weight is 771 g/mol. The zero-order chi connectivity index (χ0) is 38.1. The van der Waals surface area contributed by atoms with E-state index in [2.05, 4.69) is 0 Å². The lowest BCUT2D eigenvalue weighted by Gasteiger charge is -2.45. The maximum absolute atomic E-state index is 10.8. The molecular weight excluding hydrogens is 724 g/mol. The van der Waals surface area contributed by atoms with Gasteiger partial charge in [0.05, 0.1) is 33.0 Å². The molecule has 1 aromatic carbocycles. The summed E-state index contributed by atoms with van der Waals surface area (Å²) in [5.41, 5.74) is 0. The Labute approximate surface area is 300 Å². The monoisotopic (exact) mass is 770 g/mol. The van der Waals surface area contributed by atoms with Crippen LogP contribution in [0.3, 0.4) is 0 Å². The SMILES string of the molecule is Oc1ccc(OC2OC[C@H](OC3OC[C@@H](OC4OC[C@H](OC5OC[C@@H](OC6OC[C@H](O)[C@H](O)[C@@H]6O)[C@@H](O)C5O)[C@H](O)[C@@H]4O)[C@@H](O)C3O)[C@H](O)[C@@H]2O)cc1. The number of aliphatic hydroxyl groups excluding tert-OH is 11. The molecule has 5 heterocycles. The lowest BCUT2D eigenvalue weighted by molar-refractivity contribution is -0.361. The van der Waals surface area contributed by atoms with Gasteiger partial charge in [-0.1, -0.05) is 0 Å². The molecule has 0 bridgehead atoms. The van der Waals surface area contributed by atoms with Crippen molar-refractivity contribution in [2.24, 2.45) is 0 Å². The largest absolute Gasteiger partial charge is 0.508 e. The molecule has 0 amide bonds. The number of aromatic hydroxyl groups is 1. The number of aliphatic hydroxyl groups is 11. The number of rotatable bonds is 10. The van der Waals surface area contributed by atoms with Crippen LogP contribution in [0.25, 0.3) is 0 Å². The highest BCUT2D eigenvalue weighted by Crippen LogP contribution is 2.31. The van der Waals surface area contributed by atoms with E-state index in [0.717, 1.165) is 0 Å². The van der Waals surface area contributed by atoms with Gasteiger partial charge in [0.25, 0.3) is 0 Å². The predicted molar refractivity (Wildman–Crippen MR) is 163 cm³/mol. The predicted octanol–water partition coefficient (Wildman–Crippen LogP) is -6.94. The first-order valence-corrected chi connectivity index (χ1v) is 16.9.